The van der Waals surface area contributed by atoms with E-state index in [-0.39, 0.29) is 0 Å². The molecule has 0 unspecified atom stereocenters. The Labute approximate surface area is 101 Å². The summed E-state index contributed by atoms with van der Waals surface area (Å²) in [5.74, 6) is 0. The molecular weight excluding hydrogens is 200 g/mol. The number of nitrogens with zero attached hydrogens (tertiary/aromatic N) is 2. The van der Waals surface area contributed by atoms with Crippen LogP contribution in [-0.4, -0.2) is 77.3 Å². The first-order valence-electron chi connectivity index (χ1n) is 6.37. The smallest absolute Gasteiger partial charge is 0.0106 e. The summed E-state index contributed by atoms with van der Waals surface area (Å²) in [5.41, 5.74) is 0. The van der Waals surface area contributed by atoms with Gasteiger partial charge < -0.3 is 20.4 Å². The van der Waals surface area contributed by atoms with Gasteiger partial charge in [0.25, 0.3) is 0 Å². The largest absolute Gasteiger partial charge is 0.320 e. The normalized spacial score (nSPS) is 11.6. The molecule has 0 rings (SSSR count). The lowest BCUT2D eigenvalue weighted by Gasteiger charge is -2.21. The first-order chi connectivity index (χ1) is 7.70. The topological polar surface area (TPSA) is 30.5 Å². The van der Waals surface area contributed by atoms with Crippen LogP contribution in [0.5, 0.6) is 0 Å². The monoisotopic (exact) mass is 230 g/mol. The molecule has 4 heteroatoms. The summed E-state index contributed by atoms with van der Waals surface area (Å²) in [7, 11) is 8.43. The van der Waals surface area contributed by atoms with Crippen molar-refractivity contribution in [3.63, 3.8) is 0 Å². The van der Waals surface area contributed by atoms with Crippen LogP contribution >= 0.6 is 0 Å². The minimum atomic E-state index is 1.11. The lowest BCUT2D eigenvalue weighted by molar-refractivity contribution is 0.253. The summed E-state index contributed by atoms with van der Waals surface area (Å²) in [5, 5.41) is 6.36. The highest BCUT2D eigenvalue weighted by Gasteiger charge is 2.01. The Morgan fingerprint density at radius 3 is 1.38 bits per heavy atom. The Hall–Kier alpha value is -0.160. The van der Waals surface area contributed by atoms with E-state index in [9.17, 15) is 0 Å². The van der Waals surface area contributed by atoms with E-state index in [0.29, 0.717) is 0 Å². The molecule has 4 nitrogen and oxygen atoms in total. The Balaban J connectivity index is 3.32. The summed E-state index contributed by atoms with van der Waals surface area (Å²) in [6.07, 6.45) is 2.47. The predicted octanol–water partition coefficient (Wildman–Crippen LogP) is 0.0690. The van der Waals surface area contributed by atoms with Gasteiger partial charge in [-0.1, -0.05) is 0 Å². The van der Waals surface area contributed by atoms with E-state index < -0.39 is 0 Å². The van der Waals surface area contributed by atoms with E-state index in [1.807, 2.05) is 14.1 Å². The van der Waals surface area contributed by atoms with Gasteiger partial charge in [0.15, 0.2) is 0 Å². The second-order valence-corrected chi connectivity index (χ2v) is 4.52. The van der Waals surface area contributed by atoms with E-state index in [4.69, 9.17) is 0 Å². The lowest BCUT2D eigenvalue weighted by atomic mass is 10.3. The van der Waals surface area contributed by atoms with Crippen molar-refractivity contribution in [2.24, 2.45) is 0 Å². The maximum Gasteiger partial charge on any atom is 0.0106 e. The second-order valence-electron chi connectivity index (χ2n) is 4.52. The van der Waals surface area contributed by atoms with E-state index in [1.54, 1.807) is 0 Å². The van der Waals surface area contributed by atoms with Gasteiger partial charge in [-0.15, -0.1) is 0 Å². The number of hydrogen-bond acceptors (Lipinski definition) is 4. The van der Waals surface area contributed by atoms with Crippen molar-refractivity contribution in [1.29, 1.82) is 0 Å². The quantitative estimate of drug-likeness (QED) is 0.492. The molecule has 0 saturated heterocycles. The fraction of sp³-hybridized carbons (Fsp3) is 1.00. The number of hydrogen-bond donors (Lipinski definition) is 2. The van der Waals surface area contributed by atoms with E-state index in [0.717, 1.165) is 13.1 Å². The standard InChI is InChI=1S/C12H30N4/c1-13-7-5-9-15(3)11-12-16(4)10-6-8-14-2/h13-14H,5-12H2,1-4H3. The minimum Gasteiger partial charge on any atom is -0.320 e. The minimum absolute atomic E-state index is 1.11. The van der Waals surface area contributed by atoms with Crippen LogP contribution in [0.1, 0.15) is 12.8 Å². The SMILES string of the molecule is CNCCCN(C)CCN(C)CCCNC. The van der Waals surface area contributed by atoms with E-state index in [2.05, 4.69) is 34.5 Å². The van der Waals surface area contributed by atoms with Crippen molar-refractivity contribution in [2.45, 2.75) is 12.8 Å². The average Bonchev–Trinajstić information content (AvgIpc) is 2.27. The molecule has 0 aromatic heterocycles. The molecule has 0 atom stereocenters. The molecule has 0 aromatic carbocycles. The molecule has 0 bridgehead atoms. The molecule has 0 aliphatic heterocycles. The van der Waals surface area contributed by atoms with Gasteiger partial charge in [-0.25, -0.2) is 0 Å². The van der Waals surface area contributed by atoms with Gasteiger partial charge in [0.05, 0.1) is 0 Å². The van der Waals surface area contributed by atoms with Crippen LogP contribution in [0.4, 0.5) is 0 Å². The van der Waals surface area contributed by atoms with Crippen molar-refractivity contribution in [2.75, 3.05) is 67.5 Å². The fourth-order valence-corrected chi connectivity index (χ4v) is 1.62. The van der Waals surface area contributed by atoms with E-state index in [1.165, 1.54) is 39.0 Å². The van der Waals surface area contributed by atoms with Gasteiger partial charge in [-0.3, -0.25) is 0 Å². The number of nitrogens with one attached hydrogen (secondary N) is 2. The lowest BCUT2D eigenvalue weighted by Crippen LogP contribution is -2.33. The van der Waals surface area contributed by atoms with Crippen molar-refractivity contribution in [3.8, 4) is 0 Å². The molecule has 0 spiro atoms. The third kappa shape index (κ3) is 10.4. The fourth-order valence-electron chi connectivity index (χ4n) is 1.62. The van der Waals surface area contributed by atoms with Gasteiger partial charge in [0, 0.05) is 13.1 Å². The molecule has 0 radical (unpaired) electrons. The zero-order valence-corrected chi connectivity index (χ0v) is 11.6. The maximum absolute atomic E-state index is 3.18. The van der Waals surface area contributed by atoms with Crippen molar-refractivity contribution in [3.05, 3.63) is 0 Å². The van der Waals surface area contributed by atoms with Crippen LogP contribution < -0.4 is 10.6 Å². The second kappa shape index (κ2) is 11.3. The maximum atomic E-state index is 3.18. The molecule has 0 aromatic rings. The molecule has 0 amide bonds. The van der Waals surface area contributed by atoms with Gasteiger partial charge in [0.2, 0.25) is 0 Å². The third-order valence-corrected chi connectivity index (χ3v) is 2.80. The van der Waals surface area contributed by atoms with Crippen molar-refractivity contribution >= 4 is 0 Å². The first kappa shape index (κ1) is 15.8. The summed E-state index contributed by atoms with van der Waals surface area (Å²) in [6, 6.07) is 0. The summed E-state index contributed by atoms with van der Waals surface area (Å²) < 4.78 is 0. The van der Waals surface area contributed by atoms with Crippen molar-refractivity contribution < 1.29 is 0 Å². The predicted molar refractivity (Wildman–Crippen MR) is 72.1 cm³/mol. The van der Waals surface area contributed by atoms with Gasteiger partial charge in [-0.05, 0) is 67.2 Å². The molecule has 0 fully saturated rings. The zero-order chi connectivity index (χ0) is 12.2. The highest BCUT2D eigenvalue weighted by Crippen LogP contribution is 1.90. The van der Waals surface area contributed by atoms with Gasteiger partial charge in [0.1, 0.15) is 0 Å². The van der Waals surface area contributed by atoms with Crippen LogP contribution in [-0.2, 0) is 0 Å². The zero-order valence-electron chi connectivity index (χ0n) is 11.6. The summed E-state index contributed by atoms with van der Waals surface area (Å²) in [4.78, 5) is 4.82. The Bertz CT molecular complexity index is 125. The summed E-state index contributed by atoms with van der Waals surface area (Å²) in [6.45, 7) is 6.93. The molecule has 16 heavy (non-hydrogen) atoms. The molecule has 2 N–H and O–H groups in total. The first-order valence-corrected chi connectivity index (χ1v) is 6.37. The van der Waals surface area contributed by atoms with Crippen LogP contribution in [0.25, 0.3) is 0 Å². The van der Waals surface area contributed by atoms with Gasteiger partial charge >= 0.3 is 0 Å². The Morgan fingerprint density at radius 1 is 0.688 bits per heavy atom. The van der Waals surface area contributed by atoms with Crippen molar-refractivity contribution in [1.82, 2.24) is 20.4 Å². The Kier molecular flexibility index (Phi) is 11.2. The van der Waals surface area contributed by atoms with Crippen LogP contribution in [0.2, 0.25) is 0 Å². The highest BCUT2D eigenvalue weighted by atomic mass is 15.2. The number of likely N-dealkylation sites (N-methyl/N-ethyl adjacent to an activating group) is 2. The summed E-state index contributed by atoms with van der Waals surface area (Å²) >= 11 is 0. The molecule has 98 valence electrons. The van der Waals surface area contributed by atoms with Gasteiger partial charge in [-0.2, -0.15) is 0 Å². The molecular formula is C12H30N4. The van der Waals surface area contributed by atoms with Crippen LogP contribution in [0.15, 0.2) is 0 Å². The van der Waals surface area contributed by atoms with Crippen LogP contribution in [0, 0.1) is 0 Å². The molecule has 0 heterocycles. The highest BCUT2D eigenvalue weighted by molar-refractivity contribution is 4.58. The van der Waals surface area contributed by atoms with Crippen LogP contribution in [0.3, 0.4) is 0 Å². The molecule has 0 saturated carbocycles. The third-order valence-electron chi connectivity index (χ3n) is 2.80. The molecule has 0 aliphatic carbocycles. The van der Waals surface area contributed by atoms with E-state index >= 15 is 0 Å². The average molecular weight is 230 g/mol. The Morgan fingerprint density at radius 2 is 1.06 bits per heavy atom. The molecule has 0 aliphatic rings. The number of rotatable bonds is 11.